The first-order chi connectivity index (χ1) is 15.1. The lowest BCUT2D eigenvalue weighted by molar-refractivity contribution is -0.124. The Kier molecular flexibility index (Phi) is 3.81. The van der Waals surface area contributed by atoms with Gasteiger partial charge in [0.1, 0.15) is 12.0 Å². The van der Waals surface area contributed by atoms with Crippen molar-refractivity contribution in [2.45, 2.75) is 6.42 Å². The number of nitrogens with zero attached hydrogens (tertiary/aromatic N) is 1. The van der Waals surface area contributed by atoms with Crippen LogP contribution in [0.15, 0.2) is 60.7 Å². The van der Waals surface area contributed by atoms with Gasteiger partial charge in [-0.1, -0.05) is 18.2 Å². The maximum Gasteiger partial charge on any atom is 0.343 e. The zero-order valence-electron chi connectivity index (χ0n) is 16.5. The minimum Gasteiger partial charge on any atom is -0.423 e. The third-order valence-corrected chi connectivity index (χ3v) is 7.23. The van der Waals surface area contributed by atoms with E-state index in [-0.39, 0.29) is 41.0 Å². The fraction of sp³-hybridized carbons (Fsp3) is 0.280. The van der Waals surface area contributed by atoms with Gasteiger partial charge in [-0.3, -0.25) is 14.4 Å². The Hall–Kier alpha value is -3.54. The Labute approximate surface area is 178 Å². The van der Waals surface area contributed by atoms with Gasteiger partial charge in [0.15, 0.2) is 0 Å². The number of hydrogen-bond acceptors (Lipinski definition) is 5. The van der Waals surface area contributed by atoms with Crippen LogP contribution in [0.25, 0.3) is 0 Å². The van der Waals surface area contributed by atoms with E-state index in [0.717, 1.165) is 6.42 Å². The van der Waals surface area contributed by atoms with Crippen LogP contribution >= 0.6 is 0 Å². The molecule has 6 atom stereocenters. The molecule has 6 nitrogen and oxygen atoms in total. The van der Waals surface area contributed by atoms with Crippen LogP contribution in [0.3, 0.4) is 0 Å². The molecule has 2 aromatic carbocycles. The van der Waals surface area contributed by atoms with Gasteiger partial charge in [-0.15, -0.1) is 0 Å². The number of esters is 1. The number of hydrogen-bond donors (Lipinski definition) is 0. The number of carbonyl (C=O) groups excluding carboxylic acids is 4. The number of carbonyl (C=O) groups is 4. The first-order valence-electron chi connectivity index (χ1n) is 10.5. The lowest BCUT2D eigenvalue weighted by atomic mass is 9.63. The fourth-order valence-electron chi connectivity index (χ4n) is 5.76. The van der Waals surface area contributed by atoms with Crippen molar-refractivity contribution in [2.24, 2.45) is 35.5 Å². The Morgan fingerprint density at radius 1 is 0.935 bits per heavy atom. The zero-order chi connectivity index (χ0) is 21.3. The normalized spacial score (nSPS) is 31.9. The highest BCUT2D eigenvalue weighted by atomic mass is 16.5. The molecule has 0 N–H and O–H groups in total. The van der Waals surface area contributed by atoms with Crippen LogP contribution in [0.1, 0.15) is 27.1 Å². The van der Waals surface area contributed by atoms with Gasteiger partial charge < -0.3 is 4.74 Å². The van der Waals surface area contributed by atoms with Gasteiger partial charge in [0, 0.05) is 5.56 Å². The molecule has 2 bridgehead atoms. The average molecular weight is 413 g/mol. The number of imide groups is 1. The smallest absolute Gasteiger partial charge is 0.343 e. The largest absolute Gasteiger partial charge is 0.423 e. The highest BCUT2D eigenvalue weighted by molar-refractivity contribution is 6.23. The molecule has 0 radical (unpaired) electrons. The van der Waals surface area contributed by atoms with Crippen molar-refractivity contribution in [3.05, 3.63) is 71.8 Å². The van der Waals surface area contributed by atoms with Crippen molar-refractivity contribution in [2.75, 3.05) is 4.90 Å². The molecule has 154 valence electrons. The van der Waals surface area contributed by atoms with Crippen molar-refractivity contribution in [3.63, 3.8) is 0 Å². The number of rotatable bonds is 4. The van der Waals surface area contributed by atoms with Gasteiger partial charge in [0.05, 0.1) is 23.1 Å². The first kappa shape index (κ1) is 18.2. The van der Waals surface area contributed by atoms with E-state index in [0.29, 0.717) is 35.1 Å². The maximum absolute atomic E-state index is 13.3. The molecule has 5 aliphatic rings. The molecule has 0 aromatic heterocycles. The molecule has 1 aliphatic heterocycles. The van der Waals surface area contributed by atoms with Crippen LogP contribution in [0.4, 0.5) is 5.69 Å². The third-order valence-electron chi connectivity index (χ3n) is 7.23. The highest BCUT2D eigenvalue weighted by Gasteiger charge is 2.67. The Morgan fingerprint density at radius 3 is 2.19 bits per heavy atom. The second-order valence-electron chi connectivity index (χ2n) is 8.79. The van der Waals surface area contributed by atoms with E-state index in [4.69, 9.17) is 4.74 Å². The molecule has 7 rings (SSSR count). The van der Waals surface area contributed by atoms with E-state index < -0.39 is 5.97 Å². The van der Waals surface area contributed by atoms with Crippen LogP contribution in [0.2, 0.25) is 0 Å². The van der Waals surface area contributed by atoms with Gasteiger partial charge >= 0.3 is 5.97 Å². The predicted molar refractivity (Wildman–Crippen MR) is 110 cm³/mol. The second-order valence-corrected chi connectivity index (χ2v) is 8.79. The topological polar surface area (TPSA) is 80.8 Å². The third kappa shape index (κ3) is 2.64. The molecule has 1 heterocycles. The van der Waals surface area contributed by atoms with E-state index in [1.54, 1.807) is 30.3 Å². The second kappa shape index (κ2) is 6.48. The average Bonchev–Trinajstić information content (AvgIpc) is 3.57. The van der Waals surface area contributed by atoms with Crippen molar-refractivity contribution >= 4 is 29.8 Å². The number of anilines is 1. The van der Waals surface area contributed by atoms with E-state index in [1.807, 2.05) is 0 Å². The van der Waals surface area contributed by atoms with E-state index in [1.165, 1.54) is 23.1 Å². The molecule has 2 aromatic rings. The SMILES string of the molecule is O=Cc1ccc(OC(=O)c2cccc(N3C(=O)[C@@H]4[C@@H]5C=C[C@H]([C@H]6C[C@H]56)[C@@H]4C3=O)c2)cc1. The predicted octanol–water partition coefficient (Wildman–Crippen LogP) is 3.28. The molecule has 3 fully saturated rings. The molecule has 31 heavy (non-hydrogen) atoms. The van der Waals surface area contributed by atoms with Crippen LogP contribution < -0.4 is 9.64 Å². The van der Waals surface area contributed by atoms with Gasteiger partial charge in [0.2, 0.25) is 11.8 Å². The van der Waals surface area contributed by atoms with Gasteiger partial charge in [-0.2, -0.15) is 0 Å². The molecule has 0 unspecified atom stereocenters. The summed E-state index contributed by atoms with van der Waals surface area (Å²) in [6.07, 6.45) is 6.10. The van der Waals surface area contributed by atoms with Crippen LogP contribution in [-0.4, -0.2) is 24.1 Å². The minimum atomic E-state index is -0.597. The molecule has 1 saturated heterocycles. The zero-order valence-corrected chi connectivity index (χ0v) is 16.5. The Balaban J connectivity index is 1.26. The summed E-state index contributed by atoms with van der Waals surface area (Å²) in [4.78, 5) is 51.2. The standard InChI is InChI=1S/C25H19NO5/c27-12-13-4-6-16(7-5-13)31-25(30)14-2-1-3-15(10-14)26-23(28)21-17-8-9-18(20-11-19(17)20)22(21)24(26)29/h1-10,12,17-22H,11H2/t17-,18-,19-,20-,21-,22+/m1/s1. The monoisotopic (exact) mass is 413 g/mol. The first-order valence-corrected chi connectivity index (χ1v) is 10.5. The van der Waals surface area contributed by atoms with E-state index in [9.17, 15) is 19.2 Å². The van der Waals surface area contributed by atoms with Crippen LogP contribution in [0, 0.1) is 35.5 Å². The summed E-state index contributed by atoms with van der Waals surface area (Å²) in [5.41, 5.74) is 1.13. The van der Waals surface area contributed by atoms with E-state index in [2.05, 4.69) is 12.2 Å². The maximum atomic E-state index is 13.3. The van der Waals surface area contributed by atoms with Crippen molar-refractivity contribution in [1.82, 2.24) is 0 Å². The number of ether oxygens (including phenoxy) is 1. The summed E-state index contributed by atoms with van der Waals surface area (Å²) in [6.45, 7) is 0. The van der Waals surface area contributed by atoms with Crippen molar-refractivity contribution in [1.29, 1.82) is 0 Å². The number of allylic oxidation sites excluding steroid dienone is 2. The quantitative estimate of drug-likeness (QED) is 0.253. The lowest BCUT2D eigenvalue weighted by Gasteiger charge is -2.37. The lowest BCUT2D eigenvalue weighted by Crippen LogP contribution is -2.40. The van der Waals surface area contributed by atoms with Gasteiger partial charge in [0.25, 0.3) is 0 Å². The molecule has 4 aliphatic carbocycles. The summed E-state index contributed by atoms with van der Waals surface area (Å²) >= 11 is 0. The van der Waals surface area contributed by atoms with Crippen LogP contribution in [-0.2, 0) is 9.59 Å². The summed E-state index contributed by atoms with van der Waals surface area (Å²) in [5, 5.41) is 0. The summed E-state index contributed by atoms with van der Waals surface area (Å²) in [6, 6.07) is 12.6. The fourth-order valence-corrected chi connectivity index (χ4v) is 5.76. The number of benzene rings is 2. The highest BCUT2D eigenvalue weighted by Crippen LogP contribution is 2.65. The Morgan fingerprint density at radius 2 is 1.58 bits per heavy atom. The van der Waals surface area contributed by atoms with Gasteiger partial charge in [-0.25, -0.2) is 9.69 Å². The Bertz CT molecular complexity index is 1130. The van der Waals surface area contributed by atoms with Crippen LogP contribution in [0.5, 0.6) is 5.75 Å². The molecule has 2 amide bonds. The molecular weight excluding hydrogens is 394 g/mol. The number of amides is 2. The molecular formula is C25H19NO5. The number of aldehydes is 1. The van der Waals surface area contributed by atoms with Gasteiger partial charge in [-0.05, 0) is 72.6 Å². The summed E-state index contributed by atoms with van der Waals surface area (Å²) in [7, 11) is 0. The molecule has 2 saturated carbocycles. The van der Waals surface area contributed by atoms with E-state index >= 15 is 0 Å². The summed E-state index contributed by atoms with van der Waals surface area (Å²) < 4.78 is 5.38. The summed E-state index contributed by atoms with van der Waals surface area (Å²) in [5.74, 6) is 0.232. The van der Waals surface area contributed by atoms with Crippen molar-refractivity contribution in [3.8, 4) is 5.75 Å². The molecule has 6 heteroatoms. The minimum absolute atomic E-state index is 0.156. The van der Waals surface area contributed by atoms with Crippen molar-refractivity contribution < 1.29 is 23.9 Å². The molecule has 0 spiro atoms.